The van der Waals surface area contributed by atoms with Crippen molar-refractivity contribution in [2.24, 2.45) is 7.05 Å². The first-order chi connectivity index (χ1) is 10.5. The number of nitriles is 1. The fourth-order valence-electron chi connectivity index (χ4n) is 2.28. The zero-order valence-electron chi connectivity index (χ0n) is 11.6. The Labute approximate surface area is 124 Å². The SMILES string of the molecule is Cn1cc2c(C(F)F)cc(-c3ccc(N)c(C#N)c3)nc2n1. The summed E-state index contributed by atoms with van der Waals surface area (Å²) in [6.45, 7) is 0. The van der Waals surface area contributed by atoms with Gasteiger partial charge < -0.3 is 5.73 Å². The number of nitrogen functional groups attached to an aromatic ring is 1. The number of hydrogen-bond acceptors (Lipinski definition) is 4. The maximum absolute atomic E-state index is 13.3. The van der Waals surface area contributed by atoms with Crippen molar-refractivity contribution in [1.29, 1.82) is 5.26 Å². The molecule has 3 aromatic rings. The highest BCUT2D eigenvalue weighted by Gasteiger charge is 2.17. The number of pyridine rings is 1. The van der Waals surface area contributed by atoms with Crippen LogP contribution in [0, 0.1) is 11.3 Å². The number of hydrogen-bond donors (Lipinski definition) is 1. The Balaban J connectivity index is 2.25. The van der Waals surface area contributed by atoms with E-state index in [1.807, 2.05) is 6.07 Å². The molecule has 2 aromatic heterocycles. The van der Waals surface area contributed by atoms with Crippen molar-refractivity contribution in [3.63, 3.8) is 0 Å². The molecule has 2 heterocycles. The Morgan fingerprint density at radius 3 is 2.77 bits per heavy atom. The Morgan fingerprint density at radius 1 is 1.32 bits per heavy atom. The monoisotopic (exact) mass is 299 g/mol. The van der Waals surface area contributed by atoms with E-state index in [0.717, 1.165) is 0 Å². The lowest BCUT2D eigenvalue weighted by Crippen LogP contribution is -1.94. The van der Waals surface area contributed by atoms with Gasteiger partial charge in [-0.25, -0.2) is 13.8 Å². The van der Waals surface area contributed by atoms with Gasteiger partial charge >= 0.3 is 0 Å². The second kappa shape index (κ2) is 5.07. The number of rotatable bonds is 2. The highest BCUT2D eigenvalue weighted by molar-refractivity contribution is 5.82. The zero-order chi connectivity index (χ0) is 15.9. The van der Waals surface area contributed by atoms with Gasteiger partial charge in [-0.1, -0.05) is 6.07 Å². The molecule has 0 fully saturated rings. The molecule has 0 saturated carbocycles. The zero-order valence-corrected chi connectivity index (χ0v) is 11.6. The molecular formula is C15H11F2N5. The molecule has 0 saturated heterocycles. The minimum Gasteiger partial charge on any atom is -0.398 e. The third-order valence-corrected chi connectivity index (χ3v) is 3.34. The lowest BCUT2D eigenvalue weighted by Gasteiger charge is -2.07. The molecule has 0 aliphatic carbocycles. The van der Waals surface area contributed by atoms with Crippen molar-refractivity contribution >= 4 is 16.7 Å². The largest absolute Gasteiger partial charge is 0.398 e. The Kier molecular flexibility index (Phi) is 3.22. The van der Waals surface area contributed by atoms with Crippen LogP contribution in [-0.4, -0.2) is 14.8 Å². The molecule has 0 bridgehead atoms. The Hall–Kier alpha value is -3.01. The van der Waals surface area contributed by atoms with Gasteiger partial charge in [0, 0.05) is 35.4 Å². The molecule has 0 unspecified atom stereocenters. The standard InChI is InChI=1S/C15H11F2N5/c1-22-7-11-10(14(16)17)5-13(20-15(11)21-22)8-2-3-12(19)9(4-8)6-18/h2-5,7,14H,19H2,1H3. The van der Waals surface area contributed by atoms with Crippen molar-refractivity contribution in [3.8, 4) is 17.3 Å². The van der Waals surface area contributed by atoms with Crippen molar-refractivity contribution in [3.05, 3.63) is 41.6 Å². The minimum atomic E-state index is -2.64. The number of anilines is 1. The first kappa shape index (κ1) is 13.9. The highest BCUT2D eigenvalue weighted by atomic mass is 19.3. The van der Waals surface area contributed by atoms with E-state index < -0.39 is 6.43 Å². The topological polar surface area (TPSA) is 80.5 Å². The smallest absolute Gasteiger partial charge is 0.264 e. The van der Waals surface area contributed by atoms with Crippen LogP contribution in [0.4, 0.5) is 14.5 Å². The van der Waals surface area contributed by atoms with Gasteiger partial charge in [0.2, 0.25) is 0 Å². The van der Waals surface area contributed by atoms with Gasteiger partial charge in [-0.2, -0.15) is 10.4 Å². The van der Waals surface area contributed by atoms with E-state index in [-0.39, 0.29) is 16.8 Å². The van der Waals surface area contributed by atoms with Crippen LogP contribution in [0.5, 0.6) is 0 Å². The third kappa shape index (κ3) is 2.24. The van der Waals surface area contributed by atoms with E-state index in [1.54, 1.807) is 19.2 Å². The summed E-state index contributed by atoms with van der Waals surface area (Å²) in [5.41, 5.74) is 7.26. The molecule has 7 heteroatoms. The van der Waals surface area contributed by atoms with Crippen LogP contribution >= 0.6 is 0 Å². The van der Waals surface area contributed by atoms with E-state index >= 15 is 0 Å². The number of aryl methyl sites for hydroxylation is 1. The molecule has 0 amide bonds. The van der Waals surface area contributed by atoms with Gasteiger partial charge in [0.15, 0.2) is 5.65 Å². The number of halogens is 2. The molecule has 0 atom stereocenters. The molecular weight excluding hydrogens is 288 g/mol. The maximum Gasteiger partial charge on any atom is 0.264 e. The summed E-state index contributed by atoms with van der Waals surface area (Å²) < 4.78 is 28.0. The number of alkyl halides is 2. The summed E-state index contributed by atoms with van der Waals surface area (Å²) >= 11 is 0. The van der Waals surface area contributed by atoms with Crippen LogP contribution in [0.15, 0.2) is 30.5 Å². The van der Waals surface area contributed by atoms with Gasteiger partial charge in [-0.15, -0.1) is 0 Å². The molecule has 1 aromatic carbocycles. The average Bonchev–Trinajstić information content (AvgIpc) is 2.86. The quantitative estimate of drug-likeness (QED) is 0.737. The number of aromatic nitrogens is 3. The van der Waals surface area contributed by atoms with Crippen molar-refractivity contribution in [2.45, 2.75) is 6.43 Å². The summed E-state index contributed by atoms with van der Waals surface area (Å²) in [7, 11) is 1.65. The van der Waals surface area contributed by atoms with E-state index in [2.05, 4.69) is 10.1 Å². The summed E-state index contributed by atoms with van der Waals surface area (Å²) in [5, 5.41) is 13.4. The van der Waals surface area contributed by atoms with E-state index in [9.17, 15) is 8.78 Å². The van der Waals surface area contributed by atoms with Crippen LogP contribution in [-0.2, 0) is 7.05 Å². The maximum atomic E-state index is 13.3. The molecule has 0 spiro atoms. The van der Waals surface area contributed by atoms with Crippen LogP contribution in [0.25, 0.3) is 22.3 Å². The van der Waals surface area contributed by atoms with Crippen LogP contribution in [0.2, 0.25) is 0 Å². The fourth-order valence-corrected chi connectivity index (χ4v) is 2.28. The van der Waals surface area contributed by atoms with E-state index in [1.165, 1.54) is 23.0 Å². The van der Waals surface area contributed by atoms with Crippen LogP contribution in [0.3, 0.4) is 0 Å². The first-order valence-electron chi connectivity index (χ1n) is 6.42. The molecule has 0 aliphatic heterocycles. The van der Waals surface area contributed by atoms with E-state index in [4.69, 9.17) is 11.0 Å². The first-order valence-corrected chi connectivity index (χ1v) is 6.42. The second-order valence-electron chi connectivity index (χ2n) is 4.85. The van der Waals surface area contributed by atoms with Crippen LogP contribution < -0.4 is 5.73 Å². The van der Waals surface area contributed by atoms with Gasteiger partial charge in [-0.05, 0) is 18.2 Å². The summed E-state index contributed by atoms with van der Waals surface area (Å²) in [5.74, 6) is 0. The molecule has 0 aliphatic rings. The predicted molar refractivity (Wildman–Crippen MR) is 78.0 cm³/mol. The third-order valence-electron chi connectivity index (χ3n) is 3.34. The van der Waals surface area contributed by atoms with Crippen molar-refractivity contribution < 1.29 is 8.78 Å². The molecule has 0 radical (unpaired) electrons. The molecule has 5 nitrogen and oxygen atoms in total. The molecule has 22 heavy (non-hydrogen) atoms. The Bertz CT molecular complexity index is 908. The van der Waals surface area contributed by atoms with Crippen LogP contribution in [0.1, 0.15) is 17.6 Å². The van der Waals surface area contributed by atoms with Crippen molar-refractivity contribution in [1.82, 2.24) is 14.8 Å². The number of benzene rings is 1. The fraction of sp³-hybridized carbons (Fsp3) is 0.133. The summed E-state index contributed by atoms with van der Waals surface area (Å²) in [6, 6.07) is 8.01. The van der Waals surface area contributed by atoms with Gasteiger partial charge in [0.25, 0.3) is 6.43 Å². The number of fused-ring (bicyclic) bond motifs is 1. The highest BCUT2D eigenvalue weighted by Crippen LogP contribution is 2.31. The molecule has 3 rings (SSSR count). The van der Waals surface area contributed by atoms with Crippen molar-refractivity contribution in [2.75, 3.05) is 5.73 Å². The van der Waals surface area contributed by atoms with E-state index in [0.29, 0.717) is 22.3 Å². The minimum absolute atomic E-state index is 0.136. The van der Waals surface area contributed by atoms with Gasteiger partial charge in [0.1, 0.15) is 6.07 Å². The average molecular weight is 299 g/mol. The summed E-state index contributed by atoms with van der Waals surface area (Å²) in [6.07, 6.45) is -1.13. The predicted octanol–water partition coefficient (Wildman–Crippen LogP) is 3.03. The lowest BCUT2D eigenvalue weighted by atomic mass is 10.0. The van der Waals surface area contributed by atoms with Gasteiger partial charge in [0.05, 0.1) is 11.3 Å². The Morgan fingerprint density at radius 2 is 2.09 bits per heavy atom. The molecule has 2 N–H and O–H groups in total. The second-order valence-corrected chi connectivity index (χ2v) is 4.85. The normalized spacial score (nSPS) is 11.0. The number of nitrogens with two attached hydrogens (primary N) is 1. The molecule has 110 valence electrons. The summed E-state index contributed by atoms with van der Waals surface area (Å²) in [4.78, 5) is 4.30. The number of nitrogens with zero attached hydrogens (tertiary/aromatic N) is 4. The lowest BCUT2D eigenvalue weighted by molar-refractivity contribution is 0.153. The van der Waals surface area contributed by atoms with Gasteiger partial charge in [-0.3, -0.25) is 4.68 Å².